The van der Waals surface area contributed by atoms with Crippen LogP contribution in [0.2, 0.25) is 0 Å². The predicted molar refractivity (Wildman–Crippen MR) is 105 cm³/mol. The first kappa shape index (κ1) is 17.8. The SMILES string of the molecule is O=C(c1coc2ccccc2c1=O)N1CC[NH+](Cc2ccc3c(c2)OCO3)CC1. The minimum absolute atomic E-state index is 0.0999. The van der Waals surface area contributed by atoms with Crippen molar-refractivity contribution in [2.75, 3.05) is 33.0 Å². The van der Waals surface area contributed by atoms with Gasteiger partial charge in [0.25, 0.3) is 5.91 Å². The molecule has 0 saturated carbocycles. The fraction of sp³-hybridized carbons (Fsp3) is 0.273. The fourth-order valence-corrected chi connectivity index (χ4v) is 3.94. The van der Waals surface area contributed by atoms with Gasteiger partial charge in [0.15, 0.2) is 11.5 Å². The number of hydrogen-bond acceptors (Lipinski definition) is 5. The van der Waals surface area contributed by atoms with E-state index in [0.29, 0.717) is 24.1 Å². The number of benzene rings is 2. The van der Waals surface area contributed by atoms with Crippen molar-refractivity contribution in [3.05, 3.63) is 70.1 Å². The van der Waals surface area contributed by atoms with Crippen molar-refractivity contribution in [2.45, 2.75) is 6.54 Å². The van der Waals surface area contributed by atoms with Crippen LogP contribution in [-0.4, -0.2) is 43.8 Å². The van der Waals surface area contributed by atoms with Crippen LogP contribution >= 0.6 is 0 Å². The Morgan fingerprint density at radius 2 is 1.83 bits per heavy atom. The molecule has 0 bridgehead atoms. The summed E-state index contributed by atoms with van der Waals surface area (Å²) in [4.78, 5) is 28.7. The highest BCUT2D eigenvalue weighted by Crippen LogP contribution is 2.32. The lowest BCUT2D eigenvalue weighted by molar-refractivity contribution is -0.917. The lowest BCUT2D eigenvalue weighted by Gasteiger charge is -2.32. The Balaban J connectivity index is 1.25. The van der Waals surface area contributed by atoms with Crippen LogP contribution in [0.1, 0.15) is 15.9 Å². The smallest absolute Gasteiger partial charge is 0.261 e. The highest BCUT2D eigenvalue weighted by molar-refractivity contribution is 5.96. The van der Waals surface area contributed by atoms with Crippen molar-refractivity contribution in [1.82, 2.24) is 4.90 Å². The Morgan fingerprint density at radius 3 is 2.69 bits per heavy atom. The van der Waals surface area contributed by atoms with Crippen LogP contribution in [0.15, 0.2) is 57.9 Å². The lowest BCUT2D eigenvalue weighted by Crippen LogP contribution is -3.13. The molecule has 3 aromatic rings. The van der Waals surface area contributed by atoms with Crippen molar-refractivity contribution < 1.29 is 23.6 Å². The molecule has 1 amide bonds. The van der Waals surface area contributed by atoms with Crippen molar-refractivity contribution in [3.63, 3.8) is 0 Å². The molecule has 2 aliphatic heterocycles. The van der Waals surface area contributed by atoms with Crippen LogP contribution in [0, 0.1) is 0 Å². The molecule has 1 aromatic heterocycles. The Hall–Kier alpha value is -3.32. The summed E-state index contributed by atoms with van der Waals surface area (Å²) >= 11 is 0. The Kier molecular flexibility index (Phi) is 4.44. The van der Waals surface area contributed by atoms with E-state index in [2.05, 4.69) is 6.07 Å². The normalized spacial score (nSPS) is 16.3. The van der Waals surface area contributed by atoms with E-state index in [1.165, 1.54) is 16.7 Å². The maximum atomic E-state index is 12.9. The average molecular weight is 393 g/mol. The van der Waals surface area contributed by atoms with Gasteiger partial charge < -0.3 is 23.7 Å². The van der Waals surface area contributed by atoms with Gasteiger partial charge >= 0.3 is 0 Å². The molecular formula is C22H21N2O5+. The quantitative estimate of drug-likeness (QED) is 0.721. The average Bonchev–Trinajstić information content (AvgIpc) is 3.22. The highest BCUT2D eigenvalue weighted by atomic mass is 16.7. The molecule has 1 saturated heterocycles. The van der Waals surface area contributed by atoms with Gasteiger partial charge in [-0.3, -0.25) is 9.59 Å². The third-order valence-electron chi connectivity index (χ3n) is 5.56. The zero-order valence-corrected chi connectivity index (χ0v) is 15.8. The van der Waals surface area contributed by atoms with E-state index in [9.17, 15) is 9.59 Å². The summed E-state index contributed by atoms with van der Waals surface area (Å²) in [7, 11) is 0. The molecule has 3 heterocycles. The van der Waals surface area contributed by atoms with Crippen molar-refractivity contribution >= 4 is 16.9 Å². The molecule has 0 spiro atoms. The van der Waals surface area contributed by atoms with E-state index in [1.54, 1.807) is 29.2 Å². The van der Waals surface area contributed by atoms with Crippen LogP contribution in [0.4, 0.5) is 0 Å². The number of carbonyl (C=O) groups is 1. The van der Waals surface area contributed by atoms with Gasteiger partial charge in [-0.2, -0.15) is 0 Å². The zero-order valence-electron chi connectivity index (χ0n) is 15.8. The topological polar surface area (TPSA) is 73.4 Å². The first-order valence-corrected chi connectivity index (χ1v) is 9.71. The molecule has 2 aliphatic rings. The molecule has 2 aromatic carbocycles. The summed E-state index contributed by atoms with van der Waals surface area (Å²) in [5.74, 6) is 1.32. The van der Waals surface area contributed by atoms with E-state index in [0.717, 1.165) is 31.1 Å². The number of para-hydroxylation sites is 1. The van der Waals surface area contributed by atoms with Crippen molar-refractivity contribution in [1.29, 1.82) is 0 Å². The number of ether oxygens (including phenoxy) is 2. The van der Waals surface area contributed by atoms with Crippen LogP contribution in [0.3, 0.4) is 0 Å². The molecular weight excluding hydrogens is 372 g/mol. The van der Waals surface area contributed by atoms with Crippen LogP contribution in [0.5, 0.6) is 11.5 Å². The number of piperazine rings is 1. The van der Waals surface area contributed by atoms with Crippen LogP contribution < -0.4 is 19.8 Å². The van der Waals surface area contributed by atoms with E-state index in [1.807, 2.05) is 12.1 Å². The van der Waals surface area contributed by atoms with Gasteiger partial charge in [0.2, 0.25) is 12.2 Å². The summed E-state index contributed by atoms with van der Waals surface area (Å²) in [6, 6.07) is 13.0. The number of hydrogen-bond donors (Lipinski definition) is 1. The zero-order chi connectivity index (χ0) is 19.8. The van der Waals surface area contributed by atoms with E-state index >= 15 is 0 Å². The van der Waals surface area contributed by atoms with Gasteiger partial charge in [0.05, 0.1) is 31.6 Å². The maximum absolute atomic E-state index is 12.9. The van der Waals surface area contributed by atoms with Gasteiger partial charge in [-0.25, -0.2) is 0 Å². The largest absolute Gasteiger partial charge is 0.463 e. The first-order chi connectivity index (χ1) is 14.2. The molecule has 7 nitrogen and oxygen atoms in total. The lowest BCUT2D eigenvalue weighted by atomic mass is 10.1. The van der Waals surface area contributed by atoms with E-state index in [-0.39, 0.29) is 23.7 Å². The molecule has 0 radical (unpaired) electrons. The number of fused-ring (bicyclic) bond motifs is 2. The second-order valence-electron chi connectivity index (χ2n) is 7.38. The Labute approximate surface area is 167 Å². The summed E-state index contributed by atoms with van der Waals surface area (Å²) in [5, 5.41) is 0.436. The van der Waals surface area contributed by atoms with Crippen LogP contribution in [0.25, 0.3) is 11.0 Å². The van der Waals surface area contributed by atoms with Gasteiger partial charge in [-0.1, -0.05) is 12.1 Å². The van der Waals surface area contributed by atoms with E-state index < -0.39 is 0 Å². The molecule has 0 unspecified atom stereocenters. The summed E-state index contributed by atoms with van der Waals surface area (Å²) in [5.41, 5.74) is 1.50. The summed E-state index contributed by atoms with van der Waals surface area (Å²) in [6.45, 7) is 3.97. The minimum Gasteiger partial charge on any atom is -0.463 e. The molecule has 7 heteroatoms. The monoisotopic (exact) mass is 393 g/mol. The predicted octanol–water partition coefficient (Wildman–Crippen LogP) is 1.06. The Bertz CT molecular complexity index is 1130. The third kappa shape index (κ3) is 3.34. The number of rotatable bonds is 3. The number of nitrogens with zero attached hydrogens (tertiary/aromatic N) is 1. The second kappa shape index (κ2) is 7.25. The van der Waals surface area contributed by atoms with Gasteiger partial charge in [0, 0.05) is 5.56 Å². The first-order valence-electron chi connectivity index (χ1n) is 9.71. The molecule has 1 N–H and O–H groups in total. The summed E-state index contributed by atoms with van der Waals surface area (Å²) in [6.07, 6.45) is 1.29. The minimum atomic E-state index is -0.271. The molecule has 148 valence electrons. The van der Waals surface area contributed by atoms with Crippen molar-refractivity contribution in [2.24, 2.45) is 0 Å². The Morgan fingerprint density at radius 1 is 1.03 bits per heavy atom. The highest BCUT2D eigenvalue weighted by Gasteiger charge is 2.27. The molecule has 0 aliphatic carbocycles. The number of carbonyl (C=O) groups excluding carboxylic acids is 1. The molecule has 5 rings (SSSR count). The van der Waals surface area contributed by atoms with Crippen molar-refractivity contribution in [3.8, 4) is 11.5 Å². The number of nitrogens with one attached hydrogen (secondary N) is 1. The molecule has 1 fully saturated rings. The van der Waals surface area contributed by atoms with Gasteiger partial charge in [-0.15, -0.1) is 0 Å². The van der Waals surface area contributed by atoms with E-state index in [4.69, 9.17) is 13.9 Å². The van der Waals surface area contributed by atoms with Crippen LogP contribution in [-0.2, 0) is 6.54 Å². The fourth-order valence-electron chi connectivity index (χ4n) is 3.94. The molecule has 29 heavy (non-hydrogen) atoms. The standard InChI is InChI=1S/C22H20N2O5/c25-21-16-3-1-2-4-18(16)27-13-17(21)22(26)24-9-7-23(8-10-24)12-15-5-6-19-20(11-15)29-14-28-19/h1-6,11,13H,7-10,12,14H2/p+1. The van der Waals surface area contributed by atoms with Gasteiger partial charge in [-0.05, 0) is 30.3 Å². The number of quaternary nitrogens is 1. The number of amides is 1. The summed E-state index contributed by atoms with van der Waals surface area (Å²) < 4.78 is 16.3. The van der Waals surface area contributed by atoms with Gasteiger partial charge in [0.1, 0.15) is 24.0 Å². The third-order valence-corrected chi connectivity index (χ3v) is 5.56. The second-order valence-corrected chi connectivity index (χ2v) is 7.38. The molecule has 0 atom stereocenters. The maximum Gasteiger partial charge on any atom is 0.261 e.